The van der Waals surface area contributed by atoms with Crippen LogP contribution in [0.2, 0.25) is 0 Å². The molecule has 0 radical (unpaired) electrons. The fourth-order valence-electron chi connectivity index (χ4n) is 1.89. The van der Waals surface area contributed by atoms with E-state index in [4.69, 9.17) is 5.26 Å². The van der Waals surface area contributed by atoms with Crippen LogP contribution in [0.1, 0.15) is 18.4 Å². The number of hydrogen-bond acceptors (Lipinski definition) is 3. The molecule has 2 rings (SSSR count). The first-order valence-corrected chi connectivity index (χ1v) is 7.78. The lowest BCUT2D eigenvalue weighted by atomic mass is 10.1. The van der Waals surface area contributed by atoms with Crippen molar-refractivity contribution in [1.29, 1.82) is 5.26 Å². The van der Waals surface area contributed by atoms with E-state index < -0.39 is 10.8 Å². The summed E-state index contributed by atoms with van der Waals surface area (Å²) in [5, 5.41) is 12.4. The standard InChI is InChI=1S/C12H13BrN2OS/c13-10-1-2-12(9(7-10)8-14)15-11-3-5-17(16)6-4-11/h1-2,7,11,15H,3-6H2. The van der Waals surface area contributed by atoms with E-state index in [0.29, 0.717) is 11.6 Å². The highest BCUT2D eigenvalue weighted by molar-refractivity contribution is 9.10. The summed E-state index contributed by atoms with van der Waals surface area (Å²) in [5.41, 5.74) is 1.51. The number of nitrogens with zero attached hydrogens (tertiary/aromatic N) is 1. The highest BCUT2D eigenvalue weighted by Gasteiger charge is 2.18. The molecule has 0 saturated carbocycles. The number of rotatable bonds is 2. The highest BCUT2D eigenvalue weighted by Crippen LogP contribution is 2.23. The van der Waals surface area contributed by atoms with Crippen molar-refractivity contribution in [3.63, 3.8) is 0 Å². The number of hydrogen-bond donors (Lipinski definition) is 1. The highest BCUT2D eigenvalue weighted by atomic mass is 79.9. The molecule has 0 aromatic heterocycles. The molecule has 0 unspecified atom stereocenters. The lowest BCUT2D eigenvalue weighted by Crippen LogP contribution is -2.29. The second-order valence-corrected chi connectivity index (χ2v) is 6.68. The Kier molecular flexibility index (Phi) is 4.19. The van der Waals surface area contributed by atoms with Crippen molar-refractivity contribution >= 4 is 32.4 Å². The predicted molar refractivity (Wildman–Crippen MR) is 73.4 cm³/mol. The van der Waals surface area contributed by atoms with Crippen LogP contribution in [-0.2, 0) is 10.8 Å². The SMILES string of the molecule is N#Cc1cc(Br)ccc1NC1CCS(=O)CC1. The maximum atomic E-state index is 11.3. The Morgan fingerprint density at radius 2 is 2.12 bits per heavy atom. The molecule has 0 bridgehead atoms. The van der Waals surface area contributed by atoms with Crippen LogP contribution >= 0.6 is 15.9 Å². The Morgan fingerprint density at radius 1 is 1.41 bits per heavy atom. The smallest absolute Gasteiger partial charge is 0.101 e. The van der Waals surface area contributed by atoms with Crippen molar-refractivity contribution in [2.24, 2.45) is 0 Å². The van der Waals surface area contributed by atoms with E-state index >= 15 is 0 Å². The van der Waals surface area contributed by atoms with E-state index in [9.17, 15) is 4.21 Å². The van der Waals surface area contributed by atoms with Gasteiger partial charge in [-0.25, -0.2) is 0 Å². The molecule has 5 heteroatoms. The molecule has 1 fully saturated rings. The van der Waals surface area contributed by atoms with Crippen molar-refractivity contribution in [3.8, 4) is 6.07 Å². The Labute approximate surface area is 112 Å². The minimum absolute atomic E-state index is 0.334. The second-order valence-electron chi connectivity index (χ2n) is 4.07. The Morgan fingerprint density at radius 3 is 2.76 bits per heavy atom. The summed E-state index contributed by atoms with van der Waals surface area (Å²) in [4.78, 5) is 0. The third kappa shape index (κ3) is 3.30. The van der Waals surface area contributed by atoms with Crippen molar-refractivity contribution < 1.29 is 4.21 Å². The van der Waals surface area contributed by atoms with Crippen LogP contribution in [-0.4, -0.2) is 21.8 Å². The predicted octanol–water partition coefficient (Wildman–Crippen LogP) is 2.64. The van der Waals surface area contributed by atoms with Crippen LogP contribution < -0.4 is 5.32 Å². The molecule has 17 heavy (non-hydrogen) atoms. The van der Waals surface area contributed by atoms with Crippen LogP contribution in [0, 0.1) is 11.3 Å². The van der Waals surface area contributed by atoms with Gasteiger partial charge in [-0.2, -0.15) is 5.26 Å². The number of benzene rings is 1. The van der Waals surface area contributed by atoms with Crippen LogP contribution in [0.4, 0.5) is 5.69 Å². The van der Waals surface area contributed by atoms with Crippen molar-refractivity contribution in [2.45, 2.75) is 18.9 Å². The molecule has 1 aliphatic rings. The fourth-order valence-corrected chi connectivity index (χ4v) is 3.55. The maximum Gasteiger partial charge on any atom is 0.101 e. The second kappa shape index (κ2) is 5.65. The van der Waals surface area contributed by atoms with E-state index in [2.05, 4.69) is 27.3 Å². The molecule has 90 valence electrons. The Bertz CT molecular complexity index is 474. The fraction of sp³-hybridized carbons (Fsp3) is 0.417. The van der Waals surface area contributed by atoms with Gasteiger partial charge in [-0.1, -0.05) is 15.9 Å². The van der Waals surface area contributed by atoms with Gasteiger partial charge in [-0.05, 0) is 31.0 Å². The molecule has 3 nitrogen and oxygen atoms in total. The van der Waals surface area contributed by atoms with Gasteiger partial charge >= 0.3 is 0 Å². The van der Waals surface area contributed by atoms with E-state index in [1.807, 2.05) is 18.2 Å². The van der Waals surface area contributed by atoms with E-state index in [1.165, 1.54) is 0 Å². The van der Waals surface area contributed by atoms with Crippen LogP contribution in [0.15, 0.2) is 22.7 Å². The topological polar surface area (TPSA) is 52.9 Å². The van der Waals surface area contributed by atoms with Gasteiger partial charge < -0.3 is 5.32 Å². The van der Waals surface area contributed by atoms with Gasteiger partial charge in [0.05, 0.1) is 11.3 Å². The summed E-state index contributed by atoms with van der Waals surface area (Å²) in [6.45, 7) is 0. The molecule has 0 atom stereocenters. The van der Waals surface area contributed by atoms with E-state index in [1.54, 1.807) is 0 Å². The minimum atomic E-state index is -0.642. The first-order valence-electron chi connectivity index (χ1n) is 5.50. The molecule has 1 saturated heterocycles. The first kappa shape index (κ1) is 12.6. The molecule has 0 spiro atoms. The first-order chi connectivity index (χ1) is 8.19. The van der Waals surface area contributed by atoms with Crippen LogP contribution in [0.25, 0.3) is 0 Å². The van der Waals surface area contributed by atoms with Crippen LogP contribution in [0.3, 0.4) is 0 Å². The van der Waals surface area contributed by atoms with Crippen molar-refractivity contribution in [2.75, 3.05) is 16.8 Å². The summed E-state index contributed by atoms with van der Waals surface area (Å²) in [5.74, 6) is 1.52. The number of anilines is 1. The van der Waals surface area contributed by atoms with Gasteiger partial charge in [0.2, 0.25) is 0 Å². The molecular weight excluding hydrogens is 300 g/mol. The zero-order chi connectivity index (χ0) is 12.3. The monoisotopic (exact) mass is 312 g/mol. The number of halogens is 1. The van der Waals surface area contributed by atoms with Gasteiger partial charge in [0.25, 0.3) is 0 Å². The Balaban J connectivity index is 2.08. The molecule has 0 amide bonds. The van der Waals surface area contributed by atoms with Gasteiger partial charge in [-0.15, -0.1) is 0 Å². The lowest BCUT2D eigenvalue weighted by molar-refractivity contribution is 0.624. The molecule has 1 heterocycles. The lowest BCUT2D eigenvalue weighted by Gasteiger charge is -2.24. The van der Waals surface area contributed by atoms with Crippen LogP contribution in [0.5, 0.6) is 0 Å². The van der Waals surface area contributed by atoms with E-state index in [-0.39, 0.29) is 0 Å². The summed E-state index contributed by atoms with van der Waals surface area (Å²) >= 11 is 3.35. The van der Waals surface area contributed by atoms with Gasteiger partial charge in [-0.3, -0.25) is 4.21 Å². The van der Waals surface area contributed by atoms with Crippen molar-refractivity contribution in [3.05, 3.63) is 28.2 Å². The third-order valence-corrected chi connectivity index (χ3v) is 4.73. The molecule has 1 aromatic carbocycles. The maximum absolute atomic E-state index is 11.3. The molecular formula is C12H13BrN2OS. The average molecular weight is 313 g/mol. The molecule has 1 aromatic rings. The molecule has 1 aliphatic heterocycles. The zero-order valence-corrected chi connectivity index (χ0v) is 11.7. The molecule has 0 aliphatic carbocycles. The Hall–Kier alpha value is -0.860. The zero-order valence-electron chi connectivity index (χ0n) is 9.28. The molecule has 1 N–H and O–H groups in total. The van der Waals surface area contributed by atoms with E-state index in [0.717, 1.165) is 34.5 Å². The summed E-state index contributed by atoms with van der Waals surface area (Å²) in [7, 11) is -0.642. The van der Waals surface area contributed by atoms with Gasteiger partial charge in [0.1, 0.15) is 6.07 Å². The number of nitriles is 1. The van der Waals surface area contributed by atoms with Crippen molar-refractivity contribution in [1.82, 2.24) is 0 Å². The quantitative estimate of drug-likeness (QED) is 0.913. The van der Waals surface area contributed by atoms with Gasteiger partial charge in [0, 0.05) is 32.8 Å². The largest absolute Gasteiger partial charge is 0.381 e. The summed E-state index contributed by atoms with van der Waals surface area (Å²) in [6, 6.07) is 8.16. The minimum Gasteiger partial charge on any atom is -0.381 e. The third-order valence-electron chi connectivity index (χ3n) is 2.85. The summed E-state index contributed by atoms with van der Waals surface area (Å²) in [6.07, 6.45) is 1.82. The van der Waals surface area contributed by atoms with Gasteiger partial charge in [0.15, 0.2) is 0 Å². The summed E-state index contributed by atoms with van der Waals surface area (Å²) < 4.78 is 12.2. The number of nitrogens with one attached hydrogen (secondary N) is 1. The normalized spacial score (nSPS) is 24.0. The average Bonchev–Trinajstić information content (AvgIpc) is 2.34.